The van der Waals surface area contributed by atoms with Gasteiger partial charge in [-0.05, 0) is 37.5 Å². The van der Waals surface area contributed by atoms with E-state index in [4.69, 9.17) is 0 Å². The van der Waals surface area contributed by atoms with Gasteiger partial charge in [-0.15, -0.1) is 0 Å². The van der Waals surface area contributed by atoms with Gasteiger partial charge in [0, 0.05) is 43.6 Å². The Bertz CT molecular complexity index is 359. The molecule has 0 aromatic carbocycles. The van der Waals surface area contributed by atoms with E-state index in [0.717, 1.165) is 19.6 Å². The first-order valence-corrected chi connectivity index (χ1v) is 7.07. The highest BCUT2D eigenvalue weighted by atomic mass is 15.2. The number of nitrogens with zero attached hydrogens (tertiary/aromatic N) is 2. The fourth-order valence-electron chi connectivity index (χ4n) is 2.75. The van der Waals surface area contributed by atoms with Gasteiger partial charge in [0.05, 0.1) is 0 Å². The van der Waals surface area contributed by atoms with Crippen LogP contribution in [0, 0.1) is 0 Å². The summed E-state index contributed by atoms with van der Waals surface area (Å²) >= 11 is 0. The van der Waals surface area contributed by atoms with Gasteiger partial charge in [-0.3, -0.25) is 9.88 Å². The van der Waals surface area contributed by atoms with E-state index in [0.29, 0.717) is 11.6 Å². The van der Waals surface area contributed by atoms with Gasteiger partial charge >= 0.3 is 0 Å². The molecule has 1 atom stereocenters. The second-order valence-electron chi connectivity index (χ2n) is 5.48. The third-order valence-electron chi connectivity index (χ3n) is 4.39. The number of rotatable bonds is 4. The Morgan fingerprint density at radius 2 is 2.00 bits per heavy atom. The summed E-state index contributed by atoms with van der Waals surface area (Å²) in [5.74, 6) is 0. The zero-order chi connectivity index (χ0) is 13.0. The maximum Gasteiger partial charge on any atom is 0.0304 e. The average molecular weight is 247 g/mol. The number of hydrogen-bond acceptors (Lipinski definition) is 3. The lowest BCUT2D eigenvalue weighted by Crippen LogP contribution is -2.62. The fourth-order valence-corrected chi connectivity index (χ4v) is 2.75. The molecule has 0 aliphatic carbocycles. The molecule has 1 aliphatic rings. The number of hydrogen-bond donors (Lipinski definition) is 1. The second kappa shape index (κ2) is 5.81. The molecule has 1 aromatic rings. The van der Waals surface area contributed by atoms with E-state index < -0.39 is 0 Å². The Morgan fingerprint density at radius 3 is 2.61 bits per heavy atom. The highest BCUT2D eigenvalue weighted by molar-refractivity contribution is 5.10. The predicted molar refractivity (Wildman–Crippen MR) is 75.4 cm³/mol. The van der Waals surface area contributed by atoms with E-state index >= 15 is 0 Å². The Balaban J connectivity index is 2.06. The molecule has 1 saturated heterocycles. The maximum atomic E-state index is 4.09. The molecule has 0 radical (unpaired) electrons. The van der Waals surface area contributed by atoms with Crippen molar-refractivity contribution in [3.63, 3.8) is 0 Å². The van der Waals surface area contributed by atoms with Crippen molar-refractivity contribution in [2.75, 3.05) is 13.1 Å². The molecule has 2 heterocycles. The van der Waals surface area contributed by atoms with Crippen molar-refractivity contribution in [3.8, 4) is 0 Å². The van der Waals surface area contributed by atoms with Crippen LogP contribution in [0.2, 0.25) is 0 Å². The molecule has 1 aliphatic heterocycles. The molecule has 0 bridgehead atoms. The van der Waals surface area contributed by atoms with Crippen LogP contribution in [0.1, 0.15) is 39.2 Å². The minimum atomic E-state index is 0.305. The van der Waals surface area contributed by atoms with Crippen LogP contribution in [0.5, 0.6) is 0 Å². The van der Waals surface area contributed by atoms with Gasteiger partial charge in [-0.25, -0.2) is 0 Å². The molecule has 3 heteroatoms. The zero-order valence-corrected chi connectivity index (χ0v) is 11.8. The summed E-state index contributed by atoms with van der Waals surface area (Å²) in [6.45, 7) is 10.2. The van der Waals surface area contributed by atoms with Gasteiger partial charge in [-0.2, -0.15) is 0 Å². The van der Waals surface area contributed by atoms with Crippen LogP contribution in [-0.4, -0.2) is 34.6 Å². The smallest absolute Gasteiger partial charge is 0.0304 e. The van der Waals surface area contributed by atoms with Crippen molar-refractivity contribution in [3.05, 3.63) is 30.1 Å². The van der Waals surface area contributed by atoms with Crippen molar-refractivity contribution in [1.29, 1.82) is 0 Å². The van der Waals surface area contributed by atoms with Crippen LogP contribution in [0.15, 0.2) is 24.5 Å². The first-order chi connectivity index (χ1) is 8.69. The van der Waals surface area contributed by atoms with Crippen LogP contribution in [-0.2, 0) is 6.54 Å². The van der Waals surface area contributed by atoms with Crippen molar-refractivity contribution in [2.24, 2.45) is 0 Å². The summed E-state index contributed by atoms with van der Waals surface area (Å²) in [7, 11) is 0. The maximum absolute atomic E-state index is 4.09. The van der Waals surface area contributed by atoms with Crippen LogP contribution in [0.3, 0.4) is 0 Å². The molecule has 1 unspecified atom stereocenters. The normalized spacial score (nSPS) is 24.1. The van der Waals surface area contributed by atoms with E-state index in [1.165, 1.54) is 18.4 Å². The number of nitrogens with one attached hydrogen (secondary N) is 1. The monoisotopic (exact) mass is 247 g/mol. The largest absolute Gasteiger partial charge is 0.308 e. The molecule has 0 spiro atoms. The lowest BCUT2D eigenvalue weighted by atomic mass is 9.88. The van der Waals surface area contributed by atoms with Crippen molar-refractivity contribution >= 4 is 0 Å². The first kappa shape index (κ1) is 13.5. The lowest BCUT2D eigenvalue weighted by molar-refractivity contribution is 0.0746. The van der Waals surface area contributed by atoms with Crippen molar-refractivity contribution in [2.45, 2.75) is 51.7 Å². The van der Waals surface area contributed by atoms with Crippen LogP contribution in [0.25, 0.3) is 0 Å². The quantitative estimate of drug-likeness (QED) is 0.885. The highest BCUT2D eigenvalue weighted by Crippen LogP contribution is 2.23. The molecule has 0 saturated carbocycles. The van der Waals surface area contributed by atoms with Crippen LogP contribution in [0.4, 0.5) is 0 Å². The first-order valence-electron chi connectivity index (χ1n) is 7.07. The number of pyridine rings is 1. The summed E-state index contributed by atoms with van der Waals surface area (Å²) in [5.41, 5.74) is 1.67. The van der Waals surface area contributed by atoms with Crippen molar-refractivity contribution in [1.82, 2.24) is 15.2 Å². The average Bonchev–Trinajstić information content (AvgIpc) is 2.43. The van der Waals surface area contributed by atoms with Gasteiger partial charge in [0.25, 0.3) is 0 Å². The van der Waals surface area contributed by atoms with E-state index in [1.54, 1.807) is 0 Å². The summed E-state index contributed by atoms with van der Waals surface area (Å²) in [6, 6.07) is 4.84. The Hall–Kier alpha value is -0.930. The molecule has 1 aromatic heterocycles. The molecule has 2 rings (SSSR count). The van der Waals surface area contributed by atoms with Gasteiger partial charge in [0.15, 0.2) is 0 Å². The Labute approximate surface area is 111 Å². The van der Waals surface area contributed by atoms with E-state index in [9.17, 15) is 0 Å². The molecule has 1 fully saturated rings. The number of piperazine rings is 1. The summed E-state index contributed by atoms with van der Waals surface area (Å²) < 4.78 is 0. The third kappa shape index (κ3) is 2.90. The highest BCUT2D eigenvalue weighted by Gasteiger charge is 2.34. The van der Waals surface area contributed by atoms with Crippen molar-refractivity contribution < 1.29 is 0 Å². The fraction of sp³-hybridized carbons (Fsp3) is 0.667. The van der Waals surface area contributed by atoms with Crippen LogP contribution < -0.4 is 5.32 Å². The second-order valence-corrected chi connectivity index (χ2v) is 5.48. The van der Waals surface area contributed by atoms with Gasteiger partial charge in [0.2, 0.25) is 0 Å². The summed E-state index contributed by atoms with van der Waals surface area (Å²) in [5, 5.41) is 3.74. The van der Waals surface area contributed by atoms with E-state index in [1.807, 2.05) is 12.4 Å². The molecule has 18 heavy (non-hydrogen) atoms. The van der Waals surface area contributed by atoms with Crippen LogP contribution >= 0.6 is 0 Å². The topological polar surface area (TPSA) is 28.2 Å². The van der Waals surface area contributed by atoms with E-state index in [-0.39, 0.29) is 0 Å². The predicted octanol–water partition coefficient (Wildman–Crippen LogP) is 2.43. The van der Waals surface area contributed by atoms with Gasteiger partial charge < -0.3 is 5.32 Å². The Kier molecular flexibility index (Phi) is 4.36. The summed E-state index contributed by atoms with van der Waals surface area (Å²) in [6.07, 6.45) is 6.16. The molecule has 100 valence electrons. The summed E-state index contributed by atoms with van der Waals surface area (Å²) in [4.78, 5) is 6.68. The SMILES string of the molecule is CCC1(CC)CN(Cc2ccncc2)C(C)CN1. The van der Waals surface area contributed by atoms with E-state index in [2.05, 4.69) is 48.1 Å². The molecule has 1 N–H and O–H groups in total. The van der Waals surface area contributed by atoms with Gasteiger partial charge in [-0.1, -0.05) is 13.8 Å². The third-order valence-corrected chi connectivity index (χ3v) is 4.39. The molecular formula is C15H25N3. The standard InChI is InChI=1S/C15H25N3/c1-4-15(5-2)12-18(13(3)10-17-15)11-14-6-8-16-9-7-14/h6-9,13,17H,4-5,10-12H2,1-3H3. The molecular weight excluding hydrogens is 222 g/mol. The minimum Gasteiger partial charge on any atom is -0.308 e. The molecule has 3 nitrogen and oxygen atoms in total. The molecule has 0 amide bonds. The number of aromatic nitrogens is 1. The zero-order valence-electron chi connectivity index (χ0n) is 11.8. The van der Waals surface area contributed by atoms with Gasteiger partial charge in [0.1, 0.15) is 0 Å². The Morgan fingerprint density at radius 1 is 1.33 bits per heavy atom. The lowest BCUT2D eigenvalue weighted by Gasteiger charge is -2.46. The minimum absolute atomic E-state index is 0.305.